The van der Waals surface area contributed by atoms with Gasteiger partial charge in [-0.25, -0.2) is 9.78 Å². The molecule has 0 bridgehead atoms. The van der Waals surface area contributed by atoms with Gasteiger partial charge in [0.05, 0.1) is 29.8 Å². The number of hydrogen-bond donors (Lipinski definition) is 2. The van der Waals surface area contributed by atoms with E-state index in [9.17, 15) is 14.4 Å². The van der Waals surface area contributed by atoms with E-state index in [2.05, 4.69) is 15.6 Å². The van der Waals surface area contributed by atoms with E-state index in [0.717, 1.165) is 17.3 Å². The van der Waals surface area contributed by atoms with Crippen LogP contribution in [0.5, 0.6) is 5.75 Å². The van der Waals surface area contributed by atoms with Crippen LogP contribution in [0.1, 0.15) is 18.5 Å². The molecule has 0 saturated heterocycles. The second-order valence-corrected chi connectivity index (χ2v) is 8.64. The number of carbonyl (C=O) groups is 2. The standard InChI is InChI=1S/C26H24N4O4S/c1-17(18-8-4-3-5-9-18)30-24(32)21-10-6-7-11-22(21)28-26(30)35-16-23(31)29-25(33)27-19-12-14-20(34-2)15-13-19/h3-15,17H,16H2,1-2H3,(H2,27,29,31,33)/t17-/m0/s1. The van der Waals surface area contributed by atoms with Crippen LogP contribution >= 0.6 is 11.8 Å². The van der Waals surface area contributed by atoms with Gasteiger partial charge in [0.1, 0.15) is 5.75 Å². The highest BCUT2D eigenvalue weighted by Crippen LogP contribution is 2.25. The molecule has 2 N–H and O–H groups in total. The molecule has 0 aliphatic heterocycles. The number of thioether (sulfide) groups is 1. The lowest BCUT2D eigenvalue weighted by Crippen LogP contribution is -2.35. The molecule has 35 heavy (non-hydrogen) atoms. The highest BCUT2D eigenvalue weighted by atomic mass is 32.2. The second-order valence-electron chi connectivity index (χ2n) is 7.69. The molecule has 4 aromatic rings. The van der Waals surface area contributed by atoms with Crippen molar-refractivity contribution in [2.45, 2.75) is 18.1 Å². The number of amides is 3. The topological polar surface area (TPSA) is 102 Å². The molecule has 3 amide bonds. The molecule has 178 valence electrons. The first-order valence-electron chi connectivity index (χ1n) is 10.9. The zero-order valence-corrected chi connectivity index (χ0v) is 20.0. The molecule has 0 unspecified atom stereocenters. The van der Waals surface area contributed by atoms with Crippen molar-refractivity contribution in [3.63, 3.8) is 0 Å². The minimum atomic E-state index is -0.651. The van der Waals surface area contributed by atoms with Crippen LogP contribution in [0.15, 0.2) is 88.8 Å². The van der Waals surface area contributed by atoms with Gasteiger partial charge in [-0.3, -0.25) is 19.5 Å². The summed E-state index contributed by atoms with van der Waals surface area (Å²) in [6.45, 7) is 1.92. The largest absolute Gasteiger partial charge is 0.497 e. The molecule has 1 heterocycles. The maximum Gasteiger partial charge on any atom is 0.325 e. The fourth-order valence-electron chi connectivity index (χ4n) is 3.58. The smallest absolute Gasteiger partial charge is 0.325 e. The lowest BCUT2D eigenvalue weighted by atomic mass is 10.1. The van der Waals surface area contributed by atoms with E-state index in [1.165, 1.54) is 0 Å². The number of nitrogens with one attached hydrogen (secondary N) is 2. The van der Waals surface area contributed by atoms with Gasteiger partial charge < -0.3 is 10.1 Å². The van der Waals surface area contributed by atoms with Crippen molar-refractivity contribution in [2.75, 3.05) is 18.2 Å². The summed E-state index contributed by atoms with van der Waals surface area (Å²) >= 11 is 1.10. The van der Waals surface area contributed by atoms with Gasteiger partial charge in [0.15, 0.2) is 5.16 Å². The Morgan fingerprint density at radius 1 is 1.00 bits per heavy atom. The van der Waals surface area contributed by atoms with Gasteiger partial charge in [-0.2, -0.15) is 0 Å². The van der Waals surface area contributed by atoms with Crippen molar-refractivity contribution >= 4 is 40.3 Å². The van der Waals surface area contributed by atoms with Crippen LogP contribution < -0.4 is 20.9 Å². The Balaban J connectivity index is 1.51. The average Bonchev–Trinajstić information content (AvgIpc) is 2.88. The Morgan fingerprint density at radius 2 is 1.69 bits per heavy atom. The number of imide groups is 1. The highest BCUT2D eigenvalue weighted by molar-refractivity contribution is 7.99. The van der Waals surface area contributed by atoms with Crippen molar-refractivity contribution in [3.05, 3.63) is 94.8 Å². The molecule has 0 radical (unpaired) electrons. The van der Waals surface area contributed by atoms with Crippen LogP contribution in [-0.4, -0.2) is 34.4 Å². The number of para-hydroxylation sites is 1. The molecular formula is C26H24N4O4S. The van der Waals surface area contributed by atoms with E-state index in [-0.39, 0.29) is 17.4 Å². The number of ether oxygens (including phenoxy) is 1. The van der Waals surface area contributed by atoms with Gasteiger partial charge in [0, 0.05) is 5.69 Å². The summed E-state index contributed by atoms with van der Waals surface area (Å²) < 4.78 is 6.68. The van der Waals surface area contributed by atoms with Crippen molar-refractivity contribution in [1.29, 1.82) is 0 Å². The quantitative estimate of drug-likeness (QED) is 0.294. The lowest BCUT2D eigenvalue weighted by Gasteiger charge is -2.20. The van der Waals surface area contributed by atoms with Gasteiger partial charge in [-0.05, 0) is 48.9 Å². The van der Waals surface area contributed by atoms with Crippen molar-refractivity contribution in [3.8, 4) is 5.75 Å². The Kier molecular flexibility index (Phi) is 7.47. The summed E-state index contributed by atoms with van der Waals surface area (Å²) in [5.74, 6) is 0.0481. The summed E-state index contributed by atoms with van der Waals surface area (Å²) in [6.07, 6.45) is 0. The van der Waals surface area contributed by atoms with E-state index >= 15 is 0 Å². The summed E-state index contributed by atoms with van der Waals surface area (Å²) in [6, 6.07) is 22.5. The lowest BCUT2D eigenvalue weighted by molar-refractivity contribution is -0.117. The molecule has 3 aromatic carbocycles. The number of benzene rings is 3. The fourth-order valence-corrected chi connectivity index (χ4v) is 4.45. The SMILES string of the molecule is COc1ccc(NC(=O)NC(=O)CSc2nc3ccccc3c(=O)n2[C@@H](C)c2ccccc2)cc1. The normalized spacial score (nSPS) is 11.6. The minimum Gasteiger partial charge on any atom is -0.497 e. The van der Waals surface area contributed by atoms with Crippen LogP contribution in [0.25, 0.3) is 10.9 Å². The predicted octanol–water partition coefficient (Wildman–Crippen LogP) is 4.45. The second kappa shape index (κ2) is 10.9. The highest BCUT2D eigenvalue weighted by Gasteiger charge is 2.19. The Morgan fingerprint density at radius 3 is 2.40 bits per heavy atom. The Hall–Kier alpha value is -4.11. The van der Waals surface area contributed by atoms with Gasteiger partial charge in [0.2, 0.25) is 5.91 Å². The third kappa shape index (κ3) is 5.70. The molecule has 0 spiro atoms. The zero-order valence-electron chi connectivity index (χ0n) is 19.2. The molecule has 9 heteroatoms. The summed E-state index contributed by atoms with van der Waals surface area (Å²) in [5.41, 5.74) is 1.82. The molecule has 0 aliphatic carbocycles. The Bertz CT molecular complexity index is 1400. The van der Waals surface area contributed by atoms with Gasteiger partial charge in [-0.15, -0.1) is 0 Å². The van der Waals surface area contributed by atoms with Crippen LogP contribution in [-0.2, 0) is 4.79 Å². The molecule has 0 saturated carbocycles. The van der Waals surface area contributed by atoms with E-state index < -0.39 is 11.9 Å². The van der Waals surface area contributed by atoms with Crippen molar-refractivity contribution in [2.24, 2.45) is 0 Å². The molecule has 0 fully saturated rings. The predicted molar refractivity (Wildman–Crippen MR) is 137 cm³/mol. The van der Waals surface area contributed by atoms with Crippen molar-refractivity contribution in [1.82, 2.24) is 14.9 Å². The Labute approximate surface area is 206 Å². The summed E-state index contributed by atoms with van der Waals surface area (Å²) in [4.78, 5) is 42.7. The van der Waals surface area contributed by atoms with E-state index in [0.29, 0.717) is 27.5 Å². The van der Waals surface area contributed by atoms with Gasteiger partial charge in [-0.1, -0.05) is 54.2 Å². The number of rotatable bonds is 7. The number of fused-ring (bicyclic) bond motifs is 1. The van der Waals surface area contributed by atoms with E-state index in [1.54, 1.807) is 54.1 Å². The first kappa shape index (κ1) is 24.0. The third-order valence-corrected chi connectivity index (χ3v) is 6.33. The van der Waals surface area contributed by atoms with Crippen LogP contribution in [0.3, 0.4) is 0 Å². The number of urea groups is 1. The van der Waals surface area contributed by atoms with Crippen LogP contribution in [0.4, 0.5) is 10.5 Å². The number of carbonyl (C=O) groups excluding carboxylic acids is 2. The summed E-state index contributed by atoms with van der Waals surface area (Å²) in [7, 11) is 1.55. The van der Waals surface area contributed by atoms with Crippen molar-refractivity contribution < 1.29 is 14.3 Å². The monoisotopic (exact) mass is 488 g/mol. The first-order chi connectivity index (χ1) is 17.0. The maximum absolute atomic E-state index is 13.4. The first-order valence-corrected chi connectivity index (χ1v) is 11.9. The fraction of sp³-hybridized carbons (Fsp3) is 0.154. The number of hydrogen-bond acceptors (Lipinski definition) is 6. The number of aromatic nitrogens is 2. The van der Waals surface area contributed by atoms with Crippen LogP contribution in [0.2, 0.25) is 0 Å². The van der Waals surface area contributed by atoms with Crippen LogP contribution in [0, 0.1) is 0 Å². The molecule has 0 aliphatic rings. The molecule has 8 nitrogen and oxygen atoms in total. The third-order valence-electron chi connectivity index (χ3n) is 5.38. The number of methoxy groups -OCH3 is 1. The molecule has 1 aromatic heterocycles. The van der Waals surface area contributed by atoms with E-state index in [1.807, 2.05) is 43.3 Å². The van der Waals surface area contributed by atoms with Gasteiger partial charge >= 0.3 is 6.03 Å². The van der Waals surface area contributed by atoms with E-state index in [4.69, 9.17) is 4.74 Å². The minimum absolute atomic E-state index is 0.0949. The maximum atomic E-state index is 13.4. The zero-order chi connectivity index (χ0) is 24.8. The number of nitrogens with zero attached hydrogens (tertiary/aromatic N) is 2. The van der Waals surface area contributed by atoms with Gasteiger partial charge in [0.25, 0.3) is 5.56 Å². The summed E-state index contributed by atoms with van der Waals surface area (Å²) in [5, 5.41) is 5.80. The average molecular weight is 489 g/mol. The molecule has 4 rings (SSSR count). The number of anilines is 1. The molecule has 1 atom stereocenters. The molecular weight excluding hydrogens is 464 g/mol.